The van der Waals surface area contributed by atoms with Gasteiger partial charge in [-0.15, -0.1) is 11.3 Å². The zero-order valence-electron chi connectivity index (χ0n) is 14.6. The largest absolute Gasteiger partial charge is 0.461 e. The quantitative estimate of drug-likeness (QED) is 0.487. The number of hydrogen-bond acceptors (Lipinski definition) is 8. The Morgan fingerprint density at radius 3 is 2.96 bits per heavy atom. The third-order valence-electron chi connectivity index (χ3n) is 4.16. The van der Waals surface area contributed by atoms with E-state index in [1.807, 2.05) is 13.8 Å². The first kappa shape index (κ1) is 17.2. The number of aromatic nitrogens is 3. The van der Waals surface area contributed by atoms with E-state index in [0.717, 1.165) is 10.4 Å². The Kier molecular flexibility index (Phi) is 4.36. The second-order valence-corrected chi connectivity index (χ2v) is 7.16. The summed E-state index contributed by atoms with van der Waals surface area (Å²) in [5.74, 6) is 0.415. The Balaban J connectivity index is 1.44. The average molecular weight is 385 g/mol. The summed E-state index contributed by atoms with van der Waals surface area (Å²) in [4.78, 5) is 30.7. The molecule has 4 aromatic rings. The molecule has 0 bridgehead atoms. The van der Waals surface area contributed by atoms with Crippen molar-refractivity contribution in [3.63, 3.8) is 0 Å². The van der Waals surface area contributed by atoms with Gasteiger partial charge >= 0.3 is 5.97 Å². The maximum absolute atomic E-state index is 12.6. The maximum Gasteiger partial charge on any atom is 0.326 e. The van der Waals surface area contributed by atoms with E-state index in [4.69, 9.17) is 13.7 Å². The molecular formula is C18H15N3O5S. The van der Waals surface area contributed by atoms with Gasteiger partial charge in [0.05, 0.1) is 18.0 Å². The molecule has 0 aromatic carbocycles. The summed E-state index contributed by atoms with van der Waals surface area (Å²) in [7, 11) is 0. The molecule has 0 fully saturated rings. The number of fused-ring (bicyclic) bond motifs is 1. The first-order chi connectivity index (χ1) is 13.0. The molecule has 0 amide bonds. The van der Waals surface area contributed by atoms with Crippen LogP contribution in [0, 0.1) is 13.8 Å². The van der Waals surface area contributed by atoms with Crippen LogP contribution in [0.4, 0.5) is 0 Å². The molecule has 0 atom stereocenters. The van der Waals surface area contributed by atoms with Gasteiger partial charge < -0.3 is 13.7 Å². The monoisotopic (exact) mass is 385 g/mol. The number of nitrogens with zero attached hydrogens (tertiary/aromatic N) is 3. The van der Waals surface area contributed by atoms with Crippen molar-refractivity contribution in [2.24, 2.45) is 0 Å². The zero-order chi connectivity index (χ0) is 19.0. The summed E-state index contributed by atoms with van der Waals surface area (Å²) in [6, 6.07) is 5.10. The number of furan rings is 1. The summed E-state index contributed by atoms with van der Waals surface area (Å²) >= 11 is 1.46. The fraction of sp³-hybridized carbons (Fsp3) is 0.222. The third kappa shape index (κ3) is 3.28. The maximum atomic E-state index is 12.6. The standard InChI is InChI=1S/C18H15N3O5S/c1-10-11(2)27-17-16(10)18(23)21(9-19-17)7-15(22)25-8-12-6-14(26-20-12)13-4-3-5-24-13/h3-6,9H,7-8H2,1-2H3. The summed E-state index contributed by atoms with van der Waals surface area (Å²) in [5.41, 5.74) is 1.09. The average Bonchev–Trinajstić information content (AvgIpc) is 3.37. The molecule has 0 unspecified atom stereocenters. The van der Waals surface area contributed by atoms with E-state index in [2.05, 4.69) is 10.1 Å². The molecule has 4 heterocycles. The van der Waals surface area contributed by atoms with Crippen LogP contribution >= 0.6 is 11.3 Å². The van der Waals surface area contributed by atoms with Crippen molar-refractivity contribution in [2.45, 2.75) is 27.0 Å². The second-order valence-electron chi connectivity index (χ2n) is 5.96. The van der Waals surface area contributed by atoms with Crippen LogP contribution in [-0.4, -0.2) is 20.7 Å². The lowest BCUT2D eigenvalue weighted by molar-refractivity contribution is -0.145. The summed E-state index contributed by atoms with van der Waals surface area (Å²) < 4.78 is 16.8. The van der Waals surface area contributed by atoms with Gasteiger partial charge in [0.2, 0.25) is 5.76 Å². The SMILES string of the molecule is Cc1sc2ncn(CC(=O)OCc3cc(-c4ccco4)on3)c(=O)c2c1C. The minimum absolute atomic E-state index is 0.0654. The number of hydrogen-bond donors (Lipinski definition) is 0. The fourth-order valence-corrected chi connectivity index (χ4v) is 3.62. The van der Waals surface area contributed by atoms with Crippen LogP contribution in [0.15, 0.2) is 44.5 Å². The highest BCUT2D eigenvalue weighted by Crippen LogP contribution is 2.25. The molecule has 0 radical (unpaired) electrons. The lowest BCUT2D eigenvalue weighted by Gasteiger charge is -2.05. The minimum atomic E-state index is -0.564. The van der Waals surface area contributed by atoms with Gasteiger partial charge in [-0.2, -0.15) is 0 Å². The normalized spacial score (nSPS) is 11.2. The Bertz CT molecular complexity index is 1170. The van der Waals surface area contributed by atoms with Crippen molar-refractivity contribution in [1.29, 1.82) is 0 Å². The zero-order valence-corrected chi connectivity index (χ0v) is 15.4. The Morgan fingerprint density at radius 2 is 2.19 bits per heavy atom. The van der Waals surface area contributed by atoms with E-state index in [1.54, 1.807) is 18.2 Å². The molecule has 0 aliphatic heterocycles. The van der Waals surface area contributed by atoms with Gasteiger partial charge in [-0.3, -0.25) is 14.2 Å². The Hall–Kier alpha value is -3.20. The van der Waals surface area contributed by atoms with Crippen molar-refractivity contribution >= 4 is 27.5 Å². The molecule has 4 rings (SSSR count). The lowest BCUT2D eigenvalue weighted by atomic mass is 10.2. The van der Waals surface area contributed by atoms with E-state index in [0.29, 0.717) is 27.4 Å². The first-order valence-corrected chi connectivity index (χ1v) is 8.95. The van der Waals surface area contributed by atoms with Crippen molar-refractivity contribution in [1.82, 2.24) is 14.7 Å². The molecule has 0 saturated carbocycles. The van der Waals surface area contributed by atoms with E-state index < -0.39 is 5.97 Å². The summed E-state index contributed by atoms with van der Waals surface area (Å²) in [6.07, 6.45) is 2.89. The highest BCUT2D eigenvalue weighted by Gasteiger charge is 2.15. The number of carbonyl (C=O) groups is 1. The molecule has 0 aliphatic carbocycles. The van der Waals surface area contributed by atoms with Crippen LogP contribution in [-0.2, 0) is 22.7 Å². The van der Waals surface area contributed by atoms with Crippen LogP contribution in [0.3, 0.4) is 0 Å². The Morgan fingerprint density at radius 1 is 1.33 bits per heavy atom. The first-order valence-electron chi connectivity index (χ1n) is 8.13. The molecule has 8 nitrogen and oxygen atoms in total. The van der Waals surface area contributed by atoms with Gasteiger partial charge in [0, 0.05) is 10.9 Å². The number of aryl methyl sites for hydroxylation is 2. The highest BCUT2D eigenvalue weighted by atomic mass is 32.1. The highest BCUT2D eigenvalue weighted by molar-refractivity contribution is 7.18. The minimum Gasteiger partial charge on any atom is -0.461 e. The summed E-state index contributed by atoms with van der Waals surface area (Å²) in [5, 5.41) is 4.38. The molecule has 4 aromatic heterocycles. The van der Waals surface area contributed by atoms with Crippen LogP contribution in [0.25, 0.3) is 21.7 Å². The van der Waals surface area contributed by atoms with Gasteiger partial charge in [0.25, 0.3) is 5.56 Å². The molecular weight excluding hydrogens is 370 g/mol. The van der Waals surface area contributed by atoms with E-state index in [9.17, 15) is 9.59 Å². The molecule has 0 N–H and O–H groups in total. The fourth-order valence-electron chi connectivity index (χ4n) is 2.64. The molecule has 9 heteroatoms. The van der Waals surface area contributed by atoms with E-state index in [1.165, 1.54) is 28.5 Å². The molecule has 27 heavy (non-hydrogen) atoms. The predicted molar refractivity (Wildman–Crippen MR) is 97.4 cm³/mol. The van der Waals surface area contributed by atoms with Crippen molar-refractivity contribution in [3.05, 3.63) is 57.3 Å². The third-order valence-corrected chi connectivity index (χ3v) is 5.27. The number of ether oxygens (including phenoxy) is 1. The van der Waals surface area contributed by atoms with Crippen LogP contribution in [0.2, 0.25) is 0 Å². The number of rotatable bonds is 5. The smallest absolute Gasteiger partial charge is 0.326 e. The van der Waals surface area contributed by atoms with Crippen molar-refractivity contribution in [2.75, 3.05) is 0 Å². The molecule has 138 valence electrons. The van der Waals surface area contributed by atoms with Gasteiger partial charge in [0.15, 0.2) is 5.76 Å². The van der Waals surface area contributed by atoms with Crippen LogP contribution in [0.1, 0.15) is 16.1 Å². The van der Waals surface area contributed by atoms with Gasteiger partial charge in [-0.1, -0.05) is 5.16 Å². The lowest BCUT2D eigenvalue weighted by Crippen LogP contribution is -2.25. The number of thiophene rings is 1. The molecule has 0 saturated heterocycles. The number of esters is 1. The second kappa shape index (κ2) is 6.84. The Labute approximate surface area is 157 Å². The van der Waals surface area contributed by atoms with E-state index >= 15 is 0 Å². The van der Waals surface area contributed by atoms with Crippen molar-refractivity contribution in [3.8, 4) is 11.5 Å². The van der Waals surface area contributed by atoms with Gasteiger partial charge in [-0.05, 0) is 31.5 Å². The van der Waals surface area contributed by atoms with E-state index in [-0.39, 0.29) is 18.7 Å². The van der Waals surface area contributed by atoms with Crippen molar-refractivity contribution < 1.29 is 18.5 Å². The number of carbonyl (C=O) groups excluding carboxylic acids is 1. The van der Waals surface area contributed by atoms with Gasteiger partial charge in [-0.25, -0.2) is 4.98 Å². The van der Waals surface area contributed by atoms with Crippen LogP contribution in [0.5, 0.6) is 0 Å². The molecule has 0 aliphatic rings. The molecule has 0 spiro atoms. The summed E-state index contributed by atoms with van der Waals surface area (Å²) in [6.45, 7) is 3.53. The topological polar surface area (TPSA) is 100 Å². The predicted octanol–water partition coefficient (Wildman–Crippen LogP) is 3.07. The van der Waals surface area contributed by atoms with Crippen LogP contribution < -0.4 is 5.56 Å². The van der Waals surface area contributed by atoms with Gasteiger partial charge in [0.1, 0.15) is 23.7 Å².